The smallest absolute Gasteiger partial charge is 0.133 e. The second-order valence-corrected chi connectivity index (χ2v) is 10.9. The Morgan fingerprint density at radius 3 is 2.19 bits per heavy atom. The molecule has 0 amide bonds. The van der Waals surface area contributed by atoms with Gasteiger partial charge in [0.1, 0.15) is 5.76 Å². The van der Waals surface area contributed by atoms with Crippen molar-refractivity contribution in [1.29, 1.82) is 0 Å². The van der Waals surface area contributed by atoms with Crippen molar-refractivity contribution >= 4 is 22.0 Å². The van der Waals surface area contributed by atoms with Crippen molar-refractivity contribution in [3.05, 3.63) is 176 Å². The zero-order valence-electron chi connectivity index (χ0n) is 25.6. The number of rotatable bonds is 5. The molecule has 9 rings (SSSR count). The van der Waals surface area contributed by atoms with Gasteiger partial charge >= 0.3 is 0 Å². The predicted molar refractivity (Wildman–Crippen MR) is 187 cm³/mol. The molecule has 4 aromatic heterocycles. The molecule has 0 spiro atoms. The van der Waals surface area contributed by atoms with Gasteiger partial charge in [0, 0.05) is 49.4 Å². The predicted octanol–water partition coefficient (Wildman–Crippen LogP) is 10.7. The minimum atomic E-state index is 0. The van der Waals surface area contributed by atoms with Crippen LogP contribution in [0.2, 0.25) is 0 Å². The van der Waals surface area contributed by atoms with Gasteiger partial charge in [-0.25, -0.2) is 0 Å². The molecule has 0 N–H and O–H groups in total. The Morgan fingerprint density at radius 1 is 0.646 bits per heavy atom. The van der Waals surface area contributed by atoms with Crippen LogP contribution in [0.15, 0.2) is 173 Å². The summed E-state index contributed by atoms with van der Waals surface area (Å²) in [7, 11) is 0. The second kappa shape index (κ2) is 13.9. The molecule has 0 unspecified atom stereocenters. The largest absolute Gasteiger partial charge is 0.557 e. The Kier molecular flexibility index (Phi) is 8.92. The van der Waals surface area contributed by atoms with Crippen LogP contribution in [0.4, 0.5) is 0 Å². The van der Waals surface area contributed by atoms with E-state index in [4.69, 9.17) is 13.8 Å². The van der Waals surface area contributed by atoms with Gasteiger partial charge in [-0.2, -0.15) is 0 Å². The average molecular weight is 798 g/mol. The summed E-state index contributed by atoms with van der Waals surface area (Å²) in [6, 6.07) is 53.8. The number of fused-ring (bicyclic) bond motifs is 2. The molecule has 0 saturated heterocycles. The van der Waals surface area contributed by atoms with E-state index >= 15 is 0 Å². The van der Waals surface area contributed by atoms with Crippen LogP contribution in [0.1, 0.15) is 0 Å². The summed E-state index contributed by atoms with van der Waals surface area (Å²) in [5, 5.41) is 0.941. The molecular formula is C42H27IrN3O2-2. The van der Waals surface area contributed by atoms with Crippen LogP contribution in [0, 0.1) is 12.3 Å². The van der Waals surface area contributed by atoms with E-state index in [2.05, 4.69) is 82.5 Å². The van der Waals surface area contributed by atoms with Crippen molar-refractivity contribution in [2.75, 3.05) is 0 Å². The van der Waals surface area contributed by atoms with Crippen molar-refractivity contribution in [2.45, 2.75) is 0 Å². The zero-order chi connectivity index (χ0) is 31.4. The maximum absolute atomic E-state index is 5.83. The number of para-hydroxylation sites is 2. The first-order chi connectivity index (χ1) is 23.3. The number of pyridine rings is 1. The molecule has 0 bridgehead atoms. The van der Waals surface area contributed by atoms with Crippen molar-refractivity contribution in [3.8, 4) is 50.8 Å². The summed E-state index contributed by atoms with van der Waals surface area (Å²) in [6.45, 7) is 0. The topological polar surface area (TPSA) is 57.0 Å². The van der Waals surface area contributed by atoms with Crippen LogP contribution in [0.3, 0.4) is 0 Å². The van der Waals surface area contributed by atoms with Gasteiger partial charge in [-0.3, -0.25) is 4.98 Å². The molecule has 9 aromatic rings. The van der Waals surface area contributed by atoms with E-state index in [1.807, 2.05) is 91.0 Å². The zero-order valence-corrected chi connectivity index (χ0v) is 28.0. The van der Waals surface area contributed by atoms with Gasteiger partial charge in [-0.05, 0) is 59.3 Å². The van der Waals surface area contributed by atoms with Crippen molar-refractivity contribution in [1.82, 2.24) is 14.5 Å². The molecule has 0 fully saturated rings. The summed E-state index contributed by atoms with van der Waals surface area (Å²) in [4.78, 5) is 9.22. The van der Waals surface area contributed by atoms with Crippen LogP contribution in [0.5, 0.6) is 0 Å². The standard InChI is InChI=1S/C31H19N2O2.C11H8N.Ir/c1-2-7-21(8-3-1)22-12-15-24(16-13-22)33-28-10-5-4-9-27(28)32-31(33)26-20-35-30-17-14-23(19-25(26)30)29-11-6-18-34-29;1-2-6-10(7-3-1)11-8-4-5-9-12-11;/h1-19H;1-6,8-9H;/q2*-1;. The maximum atomic E-state index is 5.83. The monoisotopic (exact) mass is 798 g/mol. The van der Waals surface area contributed by atoms with Crippen LogP contribution in [-0.4, -0.2) is 14.5 Å². The molecule has 0 aliphatic carbocycles. The van der Waals surface area contributed by atoms with E-state index in [1.54, 1.807) is 12.5 Å². The fourth-order valence-corrected chi connectivity index (χ4v) is 5.70. The Balaban J connectivity index is 0.000000237. The van der Waals surface area contributed by atoms with E-state index in [1.165, 1.54) is 11.1 Å². The van der Waals surface area contributed by atoms with Crippen molar-refractivity contribution < 1.29 is 28.9 Å². The van der Waals surface area contributed by atoms with Gasteiger partial charge in [0.2, 0.25) is 0 Å². The Hall–Kier alpha value is -5.81. The normalized spacial score (nSPS) is 10.8. The van der Waals surface area contributed by atoms with Crippen LogP contribution in [-0.2, 0) is 20.1 Å². The van der Waals surface area contributed by atoms with Crippen LogP contribution in [0.25, 0.3) is 72.8 Å². The molecule has 5 nitrogen and oxygen atoms in total. The molecule has 0 saturated carbocycles. The Labute approximate surface area is 291 Å². The number of nitrogens with zero attached hydrogens (tertiary/aromatic N) is 3. The fourth-order valence-electron chi connectivity index (χ4n) is 5.70. The molecule has 48 heavy (non-hydrogen) atoms. The third-order valence-electron chi connectivity index (χ3n) is 7.98. The van der Waals surface area contributed by atoms with Crippen LogP contribution < -0.4 is 0 Å². The van der Waals surface area contributed by atoms with Gasteiger partial charge < -0.3 is 18.4 Å². The molecule has 0 aliphatic rings. The molecule has 4 heterocycles. The second-order valence-electron chi connectivity index (χ2n) is 10.9. The maximum Gasteiger partial charge on any atom is 0.133 e. The van der Waals surface area contributed by atoms with Gasteiger partial charge in [0.05, 0.1) is 23.1 Å². The molecule has 6 heteroatoms. The summed E-state index contributed by atoms with van der Waals surface area (Å²) in [5.41, 5.74) is 9.89. The average Bonchev–Trinajstić information content (AvgIpc) is 3.92. The number of aromatic nitrogens is 3. The van der Waals surface area contributed by atoms with E-state index in [0.717, 1.165) is 61.7 Å². The molecule has 0 aliphatic heterocycles. The first-order valence-electron chi connectivity index (χ1n) is 15.3. The molecule has 1 radical (unpaired) electrons. The van der Waals surface area contributed by atoms with Crippen molar-refractivity contribution in [2.24, 2.45) is 0 Å². The first kappa shape index (κ1) is 30.8. The molecule has 233 valence electrons. The molecule has 5 aromatic carbocycles. The molecular weight excluding hydrogens is 771 g/mol. The van der Waals surface area contributed by atoms with Gasteiger partial charge in [0.25, 0.3) is 0 Å². The summed E-state index contributed by atoms with van der Waals surface area (Å²) in [6.07, 6.45) is 6.59. The van der Waals surface area contributed by atoms with Crippen LogP contribution >= 0.6 is 0 Å². The van der Waals surface area contributed by atoms with Crippen molar-refractivity contribution in [3.63, 3.8) is 0 Å². The molecule has 0 atom stereocenters. The van der Waals surface area contributed by atoms with E-state index < -0.39 is 0 Å². The summed E-state index contributed by atoms with van der Waals surface area (Å²) < 4.78 is 13.6. The number of furan rings is 2. The number of hydrogen-bond acceptors (Lipinski definition) is 4. The van der Waals surface area contributed by atoms with Gasteiger partial charge in [0.15, 0.2) is 0 Å². The minimum absolute atomic E-state index is 0. The van der Waals surface area contributed by atoms with E-state index in [-0.39, 0.29) is 20.1 Å². The SMILES string of the molecule is [Ir].[c-]1ccccc1-c1ccccn1.[c-]1oc2ccc(-c3ccco3)cc2c1-c1nc2ccccc2n1-c1ccc(-c2ccccc2)cc1. The van der Waals surface area contributed by atoms with E-state index in [9.17, 15) is 0 Å². The van der Waals surface area contributed by atoms with E-state index in [0.29, 0.717) is 0 Å². The van der Waals surface area contributed by atoms with Gasteiger partial charge in [-0.15, -0.1) is 35.9 Å². The quantitative estimate of drug-likeness (QED) is 0.163. The Bertz CT molecular complexity index is 2340. The summed E-state index contributed by atoms with van der Waals surface area (Å²) in [5.74, 6) is 1.60. The third-order valence-corrected chi connectivity index (χ3v) is 7.98. The number of hydrogen-bond donors (Lipinski definition) is 0. The third kappa shape index (κ3) is 6.15. The fraction of sp³-hybridized carbons (Fsp3) is 0. The summed E-state index contributed by atoms with van der Waals surface area (Å²) >= 11 is 0. The minimum Gasteiger partial charge on any atom is -0.557 e. The number of imidazole rings is 1. The Morgan fingerprint density at radius 2 is 1.42 bits per heavy atom. The van der Waals surface area contributed by atoms with Gasteiger partial charge in [-0.1, -0.05) is 95.9 Å². The number of benzene rings is 5. The first-order valence-corrected chi connectivity index (χ1v) is 15.3.